The first kappa shape index (κ1) is 57.6. The highest BCUT2D eigenvalue weighted by molar-refractivity contribution is 5.71. The number of carbonyl (C=O) groups is 3. The summed E-state index contributed by atoms with van der Waals surface area (Å²) in [5.74, 6) is -0.945. The molecule has 0 heterocycles. The Balaban J connectivity index is 4.45. The third-order valence-electron chi connectivity index (χ3n) is 10.5. The smallest absolute Gasteiger partial charge is 0.306 e. The van der Waals surface area contributed by atoms with Gasteiger partial charge in [0.05, 0.1) is 0 Å². The number of rotatable bonds is 44. The molecule has 6 heteroatoms. The summed E-state index contributed by atoms with van der Waals surface area (Å²) in [5, 5.41) is 0. The van der Waals surface area contributed by atoms with E-state index in [9.17, 15) is 14.4 Å². The lowest BCUT2D eigenvalue weighted by molar-refractivity contribution is -0.167. The SMILES string of the molecule is CC\C=C/C=C\C=C/C=C\CCCCCCCC(=O)OC(COC(=O)CCCCCCC/C=C\C/C=C\CC)COC(=O)CCCCCCC/C=C\CCCCCCCCC. The predicted octanol–water partition coefficient (Wildman–Crippen LogP) is 16.4. The third-order valence-corrected chi connectivity index (χ3v) is 10.5. The lowest BCUT2D eigenvalue weighted by atomic mass is 10.1. The Morgan fingerprint density at radius 1 is 0.361 bits per heavy atom. The first-order valence-corrected chi connectivity index (χ1v) is 25.1. The number of unbranched alkanes of at least 4 members (excludes halogenated alkanes) is 22. The van der Waals surface area contributed by atoms with Crippen LogP contribution in [0.3, 0.4) is 0 Å². The van der Waals surface area contributed by atoms with Crippen LogP contribution in [0.4, 0.5) is 0 Å². The molecular formula is C55H92O6. The third kappa shape index (κ3) is 47.5. The molecule has 0 bridgehead atoms. The Hall–Kier alpha value is -3.41. The minimum atomic E-state index is -0.797. The fourth-order valence-electron chi connectivity index (χ4n) is 6.72. The number of allylic oxidation sites excluding steroid dienone is 14. The molecule has 61 heavy (non-hydrogen) atoms. The van der Waals surface area contributed by atoms with Crippen molar-refractivity contribution in [3.05, 3.63) is 85.1 Å². The van der Waals surface area contributed by atoms with E-state index >= 15 is 0 Å². The first-order valence-electron chi connectivity index (χ1n) is 25.1. The van der Waals surface area contributed by atoms with E-state index in [0.717, 1.165) is 122 Å². The van der Waals surface area contributed by atoms with Gasteiger partial charge in [-0.25, -0.2) is 0 Å². The molecule has 1 atom stereocenters. The molecular weight excluding hydrogens is 757 g/mol. The van der Waals surface area contributed by atoms with Gasteiger partial charge >= 0.3 is 17.9 Å². The van der Waals surface area contributed by atoms with Crippen molar-refractivity contribution in [1.29, 1.82) is 0 Å². The lowest BCUT2D eigenvalue weighted by Crippen LogP contribution is -2.30. The summed E-state index contributed by atoms with van der Waals surface area (Å²) in [4.78, 5) is 37.9. The van der Waals surface area contributed by atoms with Crippen LogP contribution in [0.5, 0.6) is 0 Å². The van der Waals surface area contributed by atoms with E-state index in [1.54, 1.807) is 0 Å². The molecule has 348 valence electrons. The topological polar surface area (TPSA) is 78.9 Å². The summed E-state index contributed by atoms with van der Waals surface area (Å²) in [6.45, 7) is 6.34. The van der Waals surface area contributed by atoms with Gasteiger partial charge in [0.1, 0.15) is 13.2 Å². The molecule has 0 aromatic heterocycles. The van der Waals surface area contributed by atoms with Crippen molar-refractivity contribution in [3.8, 4) is 0 Å². The summed E-state index contributed by atoms with van der Waals surface area (Å²) in [6.07, 6.45) is 62.8. The molecule has 6 nitrogen and oxygen atoms in total. The van der Waals surface area contributed by atoms with Gasteiger partial charge in [0.2, 0.25) is 0 Å². The number of esters is 3. The highest BCUT2D eigenvalue weighted by Crippen LogP contribution is 2.14. The lowest BCUT2D eigenvalue weighted by Gasteiger charge is -2.18. The van der Waals surface area contributed by atoms with Crippen molar-refractivity contribution in [2.45, 2.75) is 232 Å². The van der Waals surface area contributed by atoms with Crippen LogP contribution in [0.2, 0.25) is 0 Å². The first-order chi connectivity index (χ1) is 30.0. The van der Waals surface area contributed by atoms with E-state index in [-0.39, 0.29) is 31.1 Å². The average molecular weight is 849 g/mol. The number of hydrogen-bond acceptors (Lipinski definition) is 6. The van der Waals surface area contributed by atoms with E-state index in [1.807, 2.05) is 24.3 Å². The molecule has 0 aromatic carbocycles. The Labute approximate surface area is 375 Å². The van der Waals surface area contributed by atoms with Gasteiger partial charge in [0, 0.05) is 19.3 Å². The van der Waals surface area contributed by atoms with Crippen LogP contribution in [-0.2, 0) is 28.6 Å². The molecule has 1 unspecified atom stereocenters. The molecule has 0 saturated carbocycles. The molecule has 0 aliphatic heterocycles. The number of carbonyl (C=O) groups excluding carboxylic acids is 3. The van der Waals surface area contributed by atoms with E-state index in [1.165, 1.54) is 64.2 Å². The maximum absolute atomic E-state index is 12.8. The predicted molar refractivity (Wildman–Crippen MR) is 261 cm³/mol. The summed E-state index contributed by atoms with van der Waals surface area (Å²) in [7, 11) is 0. The van der Waals surface area contributed by atoms with Gasteiger partial charge in [-0.2, -0.15) is 0 Å². The molecule has 0 radical (unpaired) electrons. The summed E-state index contributed by atoms with van der Waals surface area (Å²) >= 11 is 0. The van der Waals surface area contributed by atoms with Gasteiger partial charge < -0.3 is 14.2 Å². The second-order valence-corrected chi connectivity index (χ2v) is 16.4. The van der Waals surface area contributed by atoms with Gasteiger partial charge in [0.25, 0.3) is 0 Å². The van der Waals surface area contributed by atoms with Crippen LogP contribution in [-0.4, -0.2) is 37.2 Å². The van der Waals surface area contributed by atoms with Crippen molar-refractivity contribution in [2.24, 2.45) is 0 Å². The van der Waals surface area contributed by atoms with E-state index in [4.69, 9.17) is 14.2 Å². The zero-order valence-corrected chi connectivity index (χ0v) is 39.7. The molecule has 0 fully saturated rings. The van der Waals surface area contributed by atoms with Crippen LogP contribution in [0.25, 0.3) is 0 Å². The van der Waals surface area contributed by atoms with Crippen LogP contribution < -0.4 is 0 Å². The zero-order valence-electron chi connectivity index (χ0n) is 39.7. The van der Waals surface area contributed by atoms with Crippen LogP contribution in [0.1, 0.15) is 226 Å². The maximum atomic E-state index is 12.8. The molecule has 0 aliphatic carbocycles. The van der Waals surface area contributed by atoms with Gasteiger partial charge in [-0.1, -0.05) is 202 Å². The second kappa shape index (κ2) is 49.2. The zero-order chi connectivity index (χ0) is 44.4. The van der Waals surface area contributed by atoms with Gasteiger partial charge in [-0.05, 0) is 89.9 Å². The highest BCUT2D eigenvalue weighted by Gasteiger charge is 2.19. The number of hydrogen-bond donors (Lipinski definition) is 0. The Bertz CT molecular complexity index is 1200. The molecule has 0 saturated heterocycles. The van der Waals surface area contributed by atoms with Crippen molar-refractivity contribution in [3.63, 3.8) is 0 Å². The Kier molecular flexibility index (Phi) is 46.5. The molecule has 0 aromatic rings. The largest absolute Gasteiger partial charge is 0.462 e. The minimum absolute atomic E-state index is 0.0960. The van der Waals surface area contributed by atoms with Gasteiger partial charge in [0.15, 0.2) is 6.10 Å². The van der Waals surface area contributed by atoms with E-state index in [2.05, 4.69) is 81.5 Å². The Morgan fingerprint density at radius 3 is 1.20 bits per heavy atom. The van der Waals surface area contributed by atoms with Crippen molar-refractivity contribution >= 4 is 17.9 Å². The van der Waals surface area contributed by atoms with Gasteiger partial charge in [-0.3, -0.25) is 14.4 Å². The van der Waals surface area contributed by atoms with Crippen LogP contribution in [0, 0.1) is 0 Å². The Morgan fingerprint density at radius 2 is 0.721 bits per heavy atom. The monoisotopic (exact) mass is 849 g/mol. The highest BCUT2D eigenvalue weighted by atomic mass is 16.6. The van der Waals surface area contributed by atoms with Crippen LogP contribution >= 0.6 is 0 Å². The van der Waals surface area contributed by atoms with E-state index in [0.29, 0.717) is 19.3 Å². The summed E-state index contributed by atoms with van der Waals surface area (Å²) in [5.41, 5.74) is 0. The minimum Gasteiger partial charge on any atom is -0.462 e. The maximum Gasteiger partial charge on any atom is 0.306 e. The van der Waals surface area contributed by atoms with Crippen LogP contribution in [0.15, 0.2) is 85.1 Å². The van der Waals surface area contributed by atoms with Crippen molar-refractivity contribution in [1.82, 2.24) is 0 Å². The fourth-order valence-corrected chi connectivity index (χ4v) is 6.72. The number of ether oxygens (including phenoxy) is 3. The standard InChI is InChI=1S/C55H92O6/c1-4-7-10-13-16-19-22-25-27-29-30-33-36-39-42-45-48-54(57)60-51-52(50-59-53(56)47-44-41-38-35-32-24-21-18-15-12-9-6-3)61-55(58)49-46-43-40-37-34-31-28-26-23-20-17-14-11-8-5-2/h8-9,11-12,14,17-18,20-21,23,26-29,52H,4-7,10,13,15-16,19,22,24-25,30-51H2,1-3H3/b11-8-,12-9-,17-14-,21-18-,23-20-,28-26-,29-27-. The molecule has 0 aliphatic rings. The van der Waals surface area contributed by atoms with Crippen molar-refractivity contribution < 1.29 is 28.6 Å². The quantitative estimate of drug-likeness (QED) is 0.0200. The summed E-state index contributed by atoms with van der Waals surface area (Å²) < 4.78 is 16.7. The molecule has 0 spiro atoms. The average Bonchev–Trinajstić information content (AvgIpc) is 3.26. The van der Waals surface area contributed by atoms with Gasteiger partial charge in [-0.15, -0.1) is 0 Å². The molecule has 0 N–H and O–H groups in total. The van der Waals surface area contributed by atoms with Crippen molar-refractivity contribution in [2.75, 3.05) is 13.2 Å². The summed E-state index contributed by atoms with van der Waals surface area (Å²) in [6, 6.07) is 0. The van der Waals surface area contributed by atoms with E-state index < -0.39 is 6.10 Å². The molecule has 0 rings (SSSR count). The normalized spacial score (nSPS) is 12.8. The molecule has 0 amide bonds. The fraction of sp³-hybridized carbons (Fsp3) is 0.691. The second-order valence-electron chi connectivity index (χ2n) is 16.4.